The van der Waals surface area contributed by atoms with Crippen molar-refractivity contribution in [1.29, 1.82) is 0 Å². The number of imidazole rings is 1. The molecule has 0 saturated carbocycles. The molecule has 1 aromatic heterocycles. The van der Waals surface area contributed by atoms with Crippen LogP contribution < -0.4 is 5.32 Å². The van der Waals surface area contributed by atoms with Gasteiger partial charge in [0.15, 0.2) is 0 Å². The summed E-state index contributed by atoms with van der Waals surface area (Å²) in [6.45, 7) is 4.45. The van der Waals surface area contributed by atoms with E-state index in [2.05, 4.69) is 28.0 Å². The van der Waals surface area contributed by atoms with Crippen molar-refractivity contribution in [3.63, 3.8) is 0 Å². The first-order valence-electron chi connectivity index (χ1n) is 6.16. The van der Waals surface area contributed by atoms with Gasteiger partial charge in [0.2, 0.25) is 0 Å². The van der Waals surface area contributed by atoms with E-state index in [0.717, 1.165) is 13.1 Å². The molecular formula is C12H21N3. The third kappa shape index (κ3) is 2.59. The molecule has 1 unspecified atom stereocenters. The molecule has 1 aliphatic rings. The first-order chi connectivity index (χ1) is 7.42. The van der Waals surface area contributed by atoms with Crippen molar-refractivity contribution in [2.24, 2.45) is 0 Å². The molecule has 3 heteroatoms. The Bertz CT molecular complexity index is 285. The van der Waals surface area contributed by atoms with Crippen molar-refractivity contribution in [2.45, 2.75) is 51.6 Å². The smallest absolute Gasteiger partial charge is 0.125 e. The topological polar surface area (TPSA) is 29.9 Å². The second-order valence-electron chi connectivity index (χ2n) is 4.33. The van der Waals surface area contributed by atoms with Crippen molar-refractivity contribution < 1.29 is 0 Å². The molecule has 0 aromatic carbocycles. The summed E-state index contributed by atoms with van der Waals surface area (Å²) in [7, 11) is 0. The molecule has 1 N–H and O–H groups in total. The third-order valence-corrected chi connectivity index (χ3v) is 3.08. The summed E-state index contributed by atoms with van der Waals surface area (Å²) in [5.74, 6) is 1.23. The maximum Gasteiger partial charge on any atom is 0.125 e. The Hall–Kier alpha value is -0.830. The Morgan fingerprint density at radius 3 is 3.27 bits per heavy atom. The van der Waals surface area contributed by atoms with E-state index < -0.39 is 0 Å². The number of rotatable bonds is 3. The second-order valence-corrected chi connectivity index (χ2v) is 4.33. The zero-order valence-electron chi connectivity index (χ0n) is 9.58. The first kappa shape index (κ1) is 10.7. The van der Waals surface area contributed by atoms with Crippen LogP contribution in [0.5, 0.6) is 0 Å². The van der Waals surface area contributed by atoms with Gasteiger partial charge in [-0.3, -0.25) is 0 Å². The fourth-order valence-corrected chi connectivity index (χ4v) is 2.31. The van der Waals surface area contributed by atoms with Gasteiger partial charge < -0.3 is 9.88 Å². The molecule has 2 heterocycles. The van der Waals surface area contributed by atoms with E-state index in [4.69, 9.17) is 0 Å². The van der Waals surface area contributed by atoms with E-state index in [1.54, 1.807) is 0 Å². The monoisotopic (exact) mass is 207 g/mol. The highest BCUT2D eigenvalue weighted by Gasteiger charge is 2.17. The summed E-state index contributed by atoms with van der Waals surface area (Å²) in [4.78, 5) is 4.50. The summed E-state index contributed by atoms with van der Waals surface area (Å²) in [5, 5.41) is 3.60. The van der Waals surface area contributed by atoms with Crippen LogP contribution in [-0.2, 0) is 6.54 Å². The number of aryl methyl sites for hydroxylation is 1. The number of hydrogen-bond acceptors (Lipinski definition) is 2. The summed E-state index contributed by atoms with van der Waals surface area (Å²) >= 11 is 0. The summed E-state index contributed by atoms with van der Waals surface area (Å²) in [6, 6.07) is 0.481. The van der Waals surface area contributed by atoms with Gasteiger partial charge in [-0.1, -0.05) is 19.8 Å². The predicted molar refractivity (Wildman–Crippen MR) is 61.7 cm³/mol. The first-order valence-corrected chi connectivity index (χ1v) is 6.16. The van der Waals surface area contributed by atoms with Crippen LogP contribution >= 0.6 is 0 Å². The van der Waals surface area contributed by atoms with Gasteiger partial charge >= 0.3 is 0 Å². The van der Waals surface area contributed by atoms with Gasteiger partial charge in [0.25, 0.3) is 0 Å². The number of hydrogen-bond donors (Lipinski definition) is 1. The van der Waals surface area contributed by atoms with Crippen molar-refractivity contribution >= 4 is 0 Å². The minimum atomic E-state index is 0.481. The fraction of sp³-hybridized carbons (Fsp3) is 0.750. The van der Waals surface area contributed by atoms with Crippen LogP contribution in [0.2, 0.25) is 0 Å². The maximum atomic E-state index is 4.50. The lowest BCUT2D eigenvalue weighted by Crippen LogP contribution is -2.23. The van der Waals surface area contributed by atoms with Crippen LogP contribution in [0.15, 0.2) is 12.4 Å². The van der Waals surface area contributed by atoms with Crippen LogP contribution in [0.4, 0.5) is 0 Å². The Morgan fingerprint density at radius 1 is 1.47 bits per heavy atom. The average molecular weight is 207 g/mol. The molecule has 3 nitrogen and oxygen atoms in total. The maximum absolute atomic E-state index is 4.50. The normalized spacial score (nSPS) is 22.6. The van der Waals surface area contributed by atoms with Gasteiger partial charge in [-0.2, -0.15) is 0 Å². The number of nitrogens with one attached hydrogen (secondary N) is 1. The zero-order chi connectivity index (χ0) is 10.5. The predicted octanol–water partition coefficient (Wildman–Crippen LogP) is 2.50. The van der Waals surface area contributed by atoms with Crippen molar-refractivity contribution in [3.05, 3.63) is 18.2 Å². The Kier molecular flexibility index (Phi) is 3.78. The van der Waals surface area contributed by atoms with E-state index in [1.807, 2.05) is 6.20 Å². The molecule has 1 fully saturated rings. The molecule has 1 aromatic rings. The summed E-state index contributed by atoms with van der Waals surface area (Å²) in [5.41, 5.74) is 0. The van der Waals surface area contributed by atoms with Gasteiger partial charge in [-0.05, 0) is 25.8 Å². The summed E-state index contributed by atoms with van der Waals surface area (Å²) < 4.78 is 2.29. The van der Waals surface area contributed by atoms with E-state index in [9.17, 15) is 0 Å². The lowest BCUT2D eigenvalue weighted by atomic mass is 10.1. The lowest BCUT2D eigenvalue weighted by molar-refractivity contribution is 0.476. The van der Waals surface area contributed by atoms with E-state index in [1.165, 1.54) is 37.9 Å². The third-order valence-electron chi connectivity index (χ3n) is 3.08. The van der Waals surface area contributed by atoms with E-state index >= 15 is 0 Å². The minimum absolute atomic E-state index is 0.481. The highest BCUT2D eigenvalue weighted by molar-refractivity contribution is 5.00. The highest BCUT2D eigenvalue weighted by atomic mass is 15.1. The summed E-state index contributed by atoms with van der Waals surface area (Å²) in [6.07, 6.45) is 10.4. The molecule has 1 atom stereocenters. The molecule has 1 saturated heterocycles. The van der Waals surface area contributed by atoms with Crippen LogP contribution in [0.3, 0.4) is 0 Å². The van der Waals surface area contributed by atoms with Crippen LogP contribution in [0.25, 0.3) is 0 Å². The van der Waals surface area contributed by atoms with Gasteiger partial charge in [0.1, 0.15) is 5.82 Å². The van der Waals surface area contributed by atoms with E-state index in [0.29, 0.717) is 6.04 Å². The lowest BCUT2D eigenvalue weighted by Gasteiger charge is -2.16. The number of aromatic nitrogens is 2. The Morgan fingerprint density at radius 2 is 2.40 bits per heavy atom. The second kappa shape index (κ2) is 5.31. The molecular weight excluding hydrogens is 186 g/mol. The van der Waals surface area contributed by atoms with Crippen LogP contribution in [0, 0.1) is 0 Å². The SMILES string of the molecule is CCCn1ccnc1C1CCCCCN1. The molecule has 1 aliphatic heterocycles. The fourth-order valence-electron chi connectivity index (χ4n) is 2.31. The molecule has 0 amide bonds. The Labute approximate surface area is 91.9 Å². The zero-order valence-corrected chi connectivity index (χ0v) is 9.58. The molecule has 15 heavy (non-hydrogen) atoms. The average Bonchev–Trinajstić information content (AvgIpc) is 2.53. The standard InChI is InChI=1S/C12H21N3/c1-2-9-15-10-8-14-12(15)11-6-4-3-5-7-13-11/h8,10-11,13H,2-7,9H2,1H3. The molecule has 2 rings (SSSR count). The molecule has 0 bridgehead atoms. The Balaban J connectivity index is 2.08. The quantitative estimate of drug-likeness (QED) is 0.825. The van der Waals surface area contributed by atoms with Gasteiger partial charge in [0.05, 0.1) is 6.04 Å². The minimum Gasteiger partial charge on any atom is -0.334 e. The molecule has 84 valence electrons. The van der Waals surface area contributed by atoms with Crippen molar-refractivity contribution in [1.82, 2.24) is 14.9 Å². The molecule has 0 spiro atoms. The highest BCUT2D eigenvalue weighted by Crippen LogP contribution is 2.21. The molecule has 0 aliphatic carbocycles. The van der Waals surface area contributed by atoms with Crippen molar-refractivity contribution in [2.75, 3.05) is 6.54 Å². The van der Waals surface area contributed by atoms with Crippen molar-refractivity contribution in [3.8, 4) is 0 Å². The van der Waals surface area contributed by atoms with E-state index in [-0.39, 0.29) is 0 Å². The molecule has 0 radical (unpaired) electrons. The van der Waals surface area contributed by atoms with Gasteiger partial charge in [-0.25, -0.2) is 4.98 Å². The number of nitrogens with zero attached hydrogens (tertiary/aromatic N) is 2. The van der Waals surface area contributed by atoms with Gasteiger partial charge in [0, 0.05) is 18.9 Å². The van der Waals surface area contributed by atoms with Crippen LogP contribution in [-0.4, -0.2) is 16.1 Å². The largest absolute Gasteiger partial charge is 0.334 e. The van der Waals surface area contributed by atoms with Gasteiger partial charge in [-0.15, -0.1) is 0 Å². The van der Waals surface area contributed by atoms with Crippen LogP contribution in [0.1, 0.15) is 50.9 Å².